The largest absolute Gasteiger partial charge is 0.444 e. The van der Waals surface area contributed by atoms with Gasteiger partial charge in [-0.3, -0.25) is 19.7 Å². The van der Waals surface area contributed by atoms with E-state index < -0.39 is 11.7 Å². The number of nitrogens with one attached hydrogen (secondary N) is 2. The maximum absolute atomic E-state index is 12.7. The van der Waals surface area contributed by atoms with Crippen LogP contribution in [0, 0.1) is 0 Å². The number of para-hydroxylation sites is 1. The summed E-state index contributed by atoms with van der Waals surface area (Å²) in [6, 6.07) is 7.70. The summed E-state index contributed by atoms with van der Waals surface area (Å²) in [6.07, 6.45) is 5.90. The van der Waals surface area contributed by atoms with Crippen LogP contribution in [0.25, 0.3) is 6.08 Å². The van der Waals surface area contributed by atoms with Crippen LogP contribution in [-0.2, 0) is 14.3 Å². The zero-order valence-corrected chi connectivity index (χ0v) is 21.3. The van der Waals surface area contributed by atoms with Crippen molar-refractivity contribution < 1.29 is 28.5 Å². The highest BCUT2D eigenvalue weighted by Gasteiger charge is 2.27. The second-order valence-corrected chi connectivity index (χ2v) is 10.4. The number of hydrogen-bond donors (Lipinski definition) is 2. The van der Waals surface area contributed by atoms with E-state index in [-0.39, 0.29) is 17.1 Å². The first kappa shape index (κ1) is 26.5. The number of nitrogens with zero attached hydrogens (tertiary/aromatic N) is 2. The summed E-state index contributed by atoms with van der Waals surface area (Å²) in [5.41, 5.74) is 1.24. The Morgan fingerprint density at radius 1 is 1.23 bits per heavy atom. The van der Waals surface area contributed by atoms with Crippen molar-refractivity contribution in [3.8, 4) is 0 Å². The van der Waals surface area contributed by atoms with Crippen LogP contribution in [0.1, 0.15) is 52.0 Å². The molecule has 1 aromatic rings. The highest BCUT2D eigenvalue weighted by atomic mass is 32.2. The van der Waals surface area contributed by atoms with E-state index in [1.165, 1.54) is 0 Å². The predicted octanol–water partition coefficient (Wildman–Crippen LogP) is 3.65. The maximum atomic E-state index is 12.7. The molecule has 1 saturated heterocycles. The van der Waals surface area contributed by atoms with Gasteiger partial charge in [0.2, 0.25) is 11.6 Å². The SMILES string of the molecule is CC(C)(C)OC(=O)NCCCCC(=O)N1CC=[N+](c2ccccc2C=C2SC(=O)NC2=O)CCC1. The minimum atomic E-state index is -0.530. The molecule has 4 amide bonds. The Kier molecular flexibility index (Phi) is 9.08. The number of carbonyl (C=O) groups excluding carboxylic acids is 4. The monoisotopic (exact) mass is 501 g/mol. The first-order chi connectivity index (χ1) is 16.6. The van der Waals surface area contributed by atoms with Gasteiger partial charge < -0.3 is 15.0 Å². The zero-order valence-electron chi connectivity index (χ0n) is 20.5. The lowest BCUT2D eigenvalue weighted by Crippen LogP contribution is -2.34. The lowest BCUT2D eigenvalue weighted by molar-refractivity contribution is -0.435. The smallest absolute Gasteiger partial charge is 0.407 e. The first-order valence-electron chi connectivity index (χ1n) is 11.8. The molecule has 188 valence electrons. The van der Waals surface area contributed by atoms with E-state index in [0.717, 1.165) is 36.0 Å². The Bertz CT molecular complexity index is 1040. The van der Waals surface area contributed by atoms with Gasteiger partial charge in [-0.1, -0.05) is 12.1 Å². The van der Waals surface area contributed by atoms with Crippen molar-refractivity contribution >= 4 is 52.9 Å². The van der Waals surface area contributed by atoms with Crippen LogP contribution in [0.2, 0.25) is 0 Å². The molecule has 2 N–H and O–H groups in total. The number of hydrogen-bond acceptors (Lipinski definition) is 6. The van der Waals surface area contributed by atoms with Gasteiger partial charge in [-0.05, 0) is 57.5 Å². The van der Waals surface area contributed by atoms with Crippen molar-refractivity contribution in [2.75, 3.05) is 26.2 Å². The highest BCUT2D eigenvalue weighted by Crippen LogP contribution is 2.29. The molecule has 0 radical (unpaired) electrons. The lowest BCUT2D eigenvalue weighted by Gasteiger charge is -2.20. The summed E-state index contributed by atoms with van der Waals surface area (Å²) in [5, 5.41) is 4.63. The van der Waals surface area contributed by atoms with Gasteiger partial charge in [0.15, 0.2) is 12.8 Å². The van der Waals surface area contributed by atoms with E-state index in [1.54, 1.807) is 6.08 Å². The zero-order chi connectivity index (χ0) is 25.4. The molecular weight excluding hydrogens is 468 g/mol. The molecule has 1 aromatic carbocycles. The summed E-state index contributed by atoms with van der Waals surface area (Å²) in [7, 11) is 0. The third kappa shape index (κ3) is 8.24. The Hall–Kier alpha value is -3.14. The predicted molar refractivity (Wildman–Crippen MR) is 136 cm³/mol. The van der Waals surface area contributed by atoms with E-state index in [4.69, 9.17) is 4.74 Å². The molecule has 1 fully saturated rings. The molecule has 0 aromatic heterocycles. The van der Waals surface area contributed by atoms with Crippen molar-refractivity contribution in [1.82, 2.24) is 15.5 Å². The Morgan fingerprint density at radius 2 is 2.00 bits per heavy atom. The number of imide groups is 1. The molecule has 35 heavy (non-hydrogen) atoms. The van der Waals surface area contributed by atoms with Crippen LogP contribution in [0.4, 0.5) is 15.3 Å². The summed E-state index contributed by atoms with van der Waals surface area (Å²) in [6.45, 7) is 7.81. The van der Waals surface area contributed by atoms with Crippen molar-refractivity contribution in [2.24, 2.45) is 0 Å². The normalized spacial score (nSPS) is 17.6. The second kappa shape index (κ2) is 12.0. The van der Waals surface area contributed by atoms with E-state index in [9.17, 15) is 19.2 Å². The van der Waals surface area contributed by atoms with Crippen molar-refractivity contribution in [3.05, 3.63) is 34.7 Å². The van der Waals surface area contributed by atoms with Gasteiger partial charge in [-0.2, -0.15) is 0 Å². The molecule has 9 nitrogen and oxygen atoms in total. The molecule has 3 rings (SSSR count). The summed E-state index contributed by atoms with van der Waals surface area (Å²) < 4.78 is 7.30. The minimum Gasteiger partial charge on any atom is -0.444 e. The number of rotatable bonds is 7. The van der Waals surface area contributed by atoms with Gasteiger partial charge in [-0.15, -0.1) is 0 Å². The van der Waals surface area contributed by atoms with E-state index >= 15 is 0 Å². The van der Waals surface area contributed by atoms with Gasteiger partial charge in [0.25, 0.3) is 11.1 Å². The van der Waals surface area contributed by atoms with E-state index in [1.807, 2.05) is 56.2 Å². The average molecular weight is 502 g/mol. The molecule has 0 bridgehead atoms. The molecule has 0 unspecified atom stereocenters. The lowest BCUT2D eigenvalue weighted by atomic mass is 10.1. The first-order valence-corrected chi connectivity index (χ1v) is 12.6. The molecule has 2 aliphatic heterocycles. The molecule has 0 spiro atoms. The minimum absolute atomic E-state index is 0.0910. The van der Waals surface area contributed by atoms with Crippen LogP contribution >= 0.6 is 11.8 Å². The molecule has 2 aliphatic rings. The van der Waals surface area contributed by atoms with Crippen LogP contribution in [0.15, 0.2) is 29.2 Å². The molecule has 0 aliphatic carbocycles. The van der Waals surface area contributed by atoms with Gasteiger partial charge in [-0.25, -0.2) is 9.37 Å². The Balaban J connectivity index is 1.53. The number of carbonyl (C=O) groups is 4. The van der Waals surface area contributed by atoms with Crippen molar-refractivity contribution in [2.45, 2.75) is 52.1 Å². The van der Waals surface area contributed by atoms with Crippen molar-refractivity contribution in [1.29, 1.82) is 0 Å². The number of amides is 4. The number of benzene rings is 1. The van der Waals surface area contributed by atoms with Gasteiger partial charge in [0.05, 0.1) is 11.4 Å². The third-order valence-corrected chi connectivity index (χ3v) is 6.17. The fraction of sp³-hybridized carbons (Fsp3) is 0.480. The molecule has 10 heteroatoms. The maximum Gasteiger partial charge on any atom is 0.407 e. The summed E-state index contributed by atoms with van der Waals surface area (Å²) in [4.78, 5) is 50.1. The number of ether oxygens (including phenoxy) is 1. The van der Waals surface area contributed by atoms with E-state index in [2.05, 4.69) is 15.2 Å². The third-order valence-electron chi connectivity index (χ3n) is 5.36. The number of thioether (sulfide) groups is 1. The van der Waals surface area contributed by atoms with Gasteiger partial charge in [0.1, 0.15) is 5.60 Å². The molecular formula is C25H33N4O5S+. The molecule has 2 heterocycles. The average Bonchev–Trinajstić information content (AvgIpc) is 2.96. The standard InChI is InChI=1S/C25H32N4O5S/c1-25(2,3)34-23(32)26-12-7-6-11-21(30)29-14-8-13-28(15-16-29)19-10-5-4-9-18(19)17-20-22(31)27-24(33)35-20/h4-5,9-10,15,17H,6-8,11-14,16H2,1-3H3,(H-,26,27,31,32,33)/p+1. The fourth-order valence-electron chi connectivity index (χ4n) is 3.75. The van der Waals surface area contributed by atoms with Gasteiger partial charge >= 0.3 is 6.09 Å². The highest BCUT2D eigenvalue weighted by molar-refractivity contribution is 8.18. The number of alkyl carbamates (subject to hydrolysis) is 1. The summed E-state index contributed by atoms with van der Waals surface area (Å²) >= 11 is 0.897. The fourth-order valence-corrected chi connectivity index (χ4v) is 4.43. The topological polar surface area (TPSA) is 108 Å². The number of unbranched alkanes of at least 4 members (excludes halogenated alkanes) is 1. The Labute approximate surface area is 210 Å². The molecule has 0 saturated carbocycles. The quantitative estimate of drug-likeness (QED) is 0.335. The Morgan fingerprint density at radius 3 is 2.71 bits per heavy atom. The van der Waals surface area contributed by atoms with Crippen LogP contribution in [0.3, 0.4) is 0 Å². The molecule has 0 atom stereocenters. The van der Waals surface area contributed by atoms with Crippen molar-refractivity contribution in [3.63, 3.8) is 0 Å². The van der Waals surface area contributed by atoms with Crippen LogP contribution < -0.4 is 10.6 Å². The summed E-state index contributed by atoms with van der Waals surface area (Å²) in [5.74, 6) is -0.291. The van der Waals surface area contributed by atoms with Crippen LogP contribution in [0.5, 0.6) is 0 Å². The second-order valence-electron chi connectivity index (χ2n) is 9.37. The van der Waals surface area contributed by atoms with E-state index in [0.29, 0.717) is 43.8 Å². The van der Waals surface area contributed by atoms with Crippen LogP contribution in [-0.4, -0.2) is 70.6 Å². The van der Waals surface area contributed by atoms with Gasteiger partial charge in [0, 0.05) is 37.6 Å².